The molecule has 1 aromatic rings. The summed E-state index contributed by atoms with van der Waals surface area (Å²) >= 11 is 4.00. The van der Waals surface area contributed by atoms with Gasteiger partial charge in [0.25, 0.3) is 0 Å². The van der Waals surface area contributed by atoms with Crippen molar-refractivity contribution in [1.82, 2.24) is 0 Å². The van der Waals surface area contributed by atoms with Crippen LogP contribution in [0.5, 0.6) is 5.75 Å². The lowest BCUT2D eigenvalue weighted by molar-refractivity contribution is 0.0143. The zero-order chi connectivity index (χ0) is 16.7. The van der Waals surface area contributed by atoms with Crippen LogP contribution in [0, 0.1) is 5.92 Å². The normalized spacial score (nSPS) is 18.2. The summed E-state index contributed by atoms with van der Waals surface area (Å²) in [6.45, 7) is 4.32. The Morgan fingerprint density at radius 2 is 1.91 bits per heavy atom. The van der Waals surface area contributed by atoms with Gasteiger partial charge in [-0.25, -0.2) is 4.79 Å². The number of carbonyl (C=O) groups is 1. The molecule has 5 heteroatoms. The molecule has 0 saturated carbocycles. The van der Waals surface area contributed by atoms with Gasteiger partial charge in [-0.15, -0.1) is 23.5 Å². The number of hydrogen-bond acceptors (Lipinski definition) is 5. The minimum absolute atomic E-state index is 0.0160. The molecule has 1 aliphatic rings. The number of esters is 1. The second-order valence-corrected chi connectivity index (χ2v) is 8.74. The first kappa shape index (κ1) is 18.5. The topological polar surface area (TPSA) is 35.5 Å². The Hall–Kier alpha value is -0.810. The fraction of sp³-hybridized carbons (Fsp3) is 0.611. The molecule has 23 heavy (non-hydrogen) atoms. The molecule has 1 fully saturated rings. The smallest absolute Gasteiger partial charge is 0.338 e. The summed E-state index contributed by atoms with van der Waals surface area (Å²) in [5.41, 5.74) is 0.586. The first-order valence-corrected chi connectivity index (χ1v) is 10.3. The lowest BCUT2D eigenvalue weighted by atomic mass is 9.99. The van der Waals surface area contributed by atoms with E-state index >= 15 is 0 Å². The van der Waals surface area contributed by atoms with Gasteiger partial charge in [-0.05, 0) is 48.1 Å². The summed E-state index contributed by atoms with van der Waals surface area (Å²) < 4.78 is 11.5. The van der Waals surface area contributed by atoms with Crippen LogP contribution >= 0.6 is 23.5 Å². The highest BCUT2D eigenvalue weighted by atomic mass is 32.2. The molecule has 0 spiro atoms. The summed E-state index contributed by atoms with van der Waals surface area (Å²) in [6.07, 6.45) is 3.22. The van der Waals surface area contributed by atoms with Crippen molar-refractivity contribution >= 4 is 29.5 Å². The van der Waals surface area contributed by atoms with E-state index in [4.69, 9.17) is 9.47 Å². The summed E-state index contributed by atoms with van der Waals surface area (Å²) in [4.78, 5) is 12.4. The molecule has 0 N–H and O–H groups in total. The number of ether oxygens (including phenoxy) is 2. The van der Waals surface area contributed by atoms with Crippen molar-refractivity contribution in [3.63, 3.8) is 0 Å². The van der Waals surface area contributed by atoms with Crippen molar-refractivity contribution in [1.29, 1.82) is 0 Å². The first-order chi connectivity index (χ1) is 11.1. The molecule has 3 nitrogen and oxygen atoms in total. The second-order valence-electron chi connectivity index (χ2n) is 5.82. The van der Waals surface area contributed by atoms with E-state index in [1.165, 1.54) is 17.9 Å². The second kappa shape index (κ2) is 9.48. The molecule has 1 saturated heterocycles. The fourth-order valence-corrected chi connectivity index (χ4v) is 5.40. The van der Waals surface area contributed by atoms with Crippen molar-refractivity contribution in [3.05, 3.63) is 29.8 Å². The summed E-state index contributed by atoms with van der Waals surface area (Å²) in [5.74, 6) is 3.33. The number of rotatable bonds is 7. The zero-order valence-corrected chi connectivity index (χ0v) is 15.8. The molecule has 128 valence electrons. The van der Waals surface area contributed by atoms with Gasteiger partial charge in [0.05, 0.1) is 17.3 Å². The molecule has 0 aliphatic carbocycles. The van der Waals surface area contributed by atoms with Crippen molar-refractivity contribution in [2.24, 2.45) is 5.92 Å². The van der Waals surface area contributed by atoms with Crippen molar-refractivity contribution in [3.8, 4) is 5.75 Å². The van der Waals surface area contributed by atoms with E-state index in [2.05, 4.69) is 13.8 Å². The average Bonchev–Trinajstić information content (AvgIpc) is 2.61. The minimum Gasteiger partial charge on any atom is -0.497 e. The van der Waals surface area contributed by atoms with Gasteiger partial charge in [-0.2, -0.15) is 0 Å². The van der Waals surface area contributed by atoms with Gasteiger partial charge >= 0.3 is 5.97 Å². The lowest BCUT2D eigenvalue weighted by Crippen LogP contribution is -2.28. The van der Waals surface area contributed by atoms with Crippen LogP contribution in [0.1, 0.15) is 43.5 Å². The molecule has 0 unspecified atom stereocenters. The van der Waals surface area contributed by atoms with E-state index in [1.807, 2.05) is 23.5 Å². The van der Waals surface area contributed by atoms with E-state index in [0.717, 1.165) is 18.6 Å². The Bertz CT molecular complexity index is 484. The van der Waals surface area contributed by atoms with Gasteiger partial charge < -0.3 is 9.47 Å². The number of hydrogen-bond donors (Lipinski definition) is 0. The van der Waals surface area contributed by atoms with Gasteiger partial charge in [0.1, 0.15) is 11.9 Å². The number of benzene rings is 1. The Balaban J connectivity index is 1.98. The van der Waals surface area contributed by atoms with Crippen LogP contribution < -0.4 is 4.74 Å². The van der Waals surface area contributed by atoms with E-state index in [-0.39, 0.29) is 12.1 Å². The highest BCUT2D eigenvalue weighted by Crippen LogP contribution is 2.36. The van der Waals surface area contributed by atoms with E-state index in [9.17, 15) is 4.79 Å². The molecule has 1 aromatic carbocycles. The van der Waals surface area contributed by atoms with Crippen LogP contribution in [-0.4, -0.2) is 35.3 Å². The third-order valence-electron chi connectivity index (χ3n) is 4.18. The Morgan fingerprint density at radius 1 is 1.26 bits per heavy atom. The standard InChI is InChI=1S/C18H26O3S2/c1-4-13(2)16(12-17-22-10-5-11-23-17)21-18(19)14-6-8-15(20-3)9-7-14/h6-9,13,16-17H,4-5,10-12H2,1-3H3/t13-,16+/m0/s1. The van der Waals surface area contributed by atoms with Gasteiger partial charge in [0, 0.05) is 6.42 Å². The largest absolute Gasteiger partial charge is 0.497 e. The third-order valence-corrected chi connectivity index (χ3v) is 7.18. The molecule has 1 aliphatic heterocycles. The zero-order valence-electron chi connectivity index (χ0n) is 14.1. The maximum Gasteiger partial charge on any atom is 0.338 e. The van der Waals surface area contributed by atoms with Crippen LogP contribution in [0.2, 0.25) is 0 Å². The monoisotopic (exact) mass is 354 g/mol. The van der Waals surface area contributed by atoms with Crippen molar-refractivity contribution in [2.75, 3.05) is 18.6 Å². The molecule has 0 aromatic heterocycles. The number of carbonyl (C=O) groups excluding carboxylic acids is 1. The van der Waals surface area contributed by atoms with Crippen LogP contribution in [0.15, 0.2) is 24.3 Å². The predicted octanol–water partition coefficient (Wildman–Crippen LogP) is 4.85. The summed E-state index contributed by atoms with van der Waals surface area (Å²) in [7, 11) is 1.62. The van der Waals surface area contributed by atoms with E-state index in [1.54, 1.807) is 31.4 Å². The van der Waals surface area contributed by atoms with Gasteiger partial charge in [0.2, 0.25) is 0 Å². The highest BCUT2D eigenvalue weighted by Gasteiger charge is 2.26. The van der Waals surface area contributed by atoms with Gasteiger partial charge in [0.15, 0.2) is 0 Å². The third kappa shape index (κ3) is 5.64. The average molecular weight is 355 g/mol. The summed E-state index contributed by atoms with van der Waals surface area (Å²) in [6, 6.07) is 7.11. The molecule has 2 atom stereocenters. The Labute approximate surface area is 147 Å². The minimum atomic E-state index is -0.233. The molecule has 0 radical (unpaired) electrons. The van der Waals surface area contributed by atoms with Gasteiger partial charge in [-0.3, -0.25) is 0 Å². The van der Waals surface area contributed by atoms with Crippen LogP contribution in [-0.2, 0) is 4.74 Å². The lowest BCUT2D eigenvalue weighted by Gasteiger charge is -2.29. The molecule has 1 heterocycles. The number of methoxy groups -OCH3 is 1. The van der Waals surface area contributed by atoms with E-state index < -0.39 is 0 Å². The molecular formula is C18H26O3S2. The van der Waals surface area contributed by atoms with E-state index in [0.29, 0.717) is 16.1 Å². The van der Waals surface area contributed by atoms with Gasteiger partial charge in [-0.1, -0.05) is 20.3 Å². The highest BCUT2D eigenvalue weighted by molar-refractivity contribution is 8.17. The Kier molecular flexibility index (Phi) is 7.63. The maximum absolute atomic E-state index is 12.4. The van der Waals surface area contributed by atoms with Crippen LogP contribution in [0.4, 0.5) is 0 Å². The molecule has 0 bridgehead atoms. The Morgan fingerprint density at radius 3 is 2.48 bits per heavy atom. The predicted molar refractivity (Wildman–Crippen MR) is 99.6 cm³/mol. The van der Waals surface area contributed by atoms with Crippen LogP contribution in [0.25, 0.3) is 0 Å². The van der Waals surface area contributed by atoms with Crippen LogP contribution in [0.3, 0.4) is 0 Å². The quantitative estimate of drug-likeness (QED) is 0.654. The van der Waals surface area contributed by atoms with Crippen molar-refractivity contribution < 1.29 is 14.3 Å². The molecule has 2 rings (SSSR count). The summed E-state index contributed by atoms with van der Waals surface area (Å²) in [5, 5.41) is 0. The maximum atomic E-state index is 12.4. The first-order valence-electron chi connectivity index (χ1n) is 8.22. The number of thioether (sulfide) groups is 2. The van der Waals surface area contributed by atoms with Crippen molar-refractivity contribution in [2.45, 2.75) is 43.8 Å². The molecule has 0 amide bonds. The SMILES string of the molecule is CC[C@H](C)[C@@H](CC1SCCCS1)OC(=O)c1ccc(OC)cc1. The molecular weight excluding hydrogens is 328 g/mol. The fourth-order valence-electron chi connectivity index (χ4n) is 2.45.